The maximum Gasteiger partial charge on any atom is 0.257 e. The fourth-order valence-corrected chi connectivity index (χ4v) is 4.05. The van der Waals surface area contributed by atoms with Crippen LogP contribution in [0.1, 0.15) is 39.0 Å². The molecule has 4 rings (SSSR count). The predicted molar refractivity (Wildman–Crippen MR) is 106 cm³/mol. The number of benzene rings is 1. The molecule has 1 aromatic carbocycles. The van der Waals surface area contributed by atoms with Crippen LogP contribution in [-0.2, 0) is 11.8 Å². The lowest BCUT2D eigenvalue weighted by Crippen LogP contribution is -2.44. The molecule has 1 aliphatic rings. The first-order valence-electron chi connectivity index (χ1n) is 9.58. The normalized spacial score (nSPS) is 17.0. The molecule has 152 valence electrons. The first-order chi connectivity index (χ1) is 13.9. The van der Waals surface area contributed by atoms with Crippen LogP contribution in [0.15, 0.2) is 30.5 Å². The molecule has 0 aliphatic carbocycles. The second-order valence-corrected chi connectivity index (χ2v) is 7.34. The SMILES string of the molecule is Cc1nn(C)cc1C(=O)N1CCOC[C@@H]1c1c(C)nn(-c2ccccc2F)c1C. The molecule has 8 heteroatoms. The summed E-state index contributed by atoms with van der Waals surface area (Å²) in [4.78, 5) is 15.1. The van der Waals surface area contributed by atoms with Crippen molar-refractivity contribution < 1.29 is 13.9 Å². The summed E-state index contributed by atoms with van der Waals surface area (Å²) >= 11 is 0. The Labute approximate surface area is 168 Å². The zero-order valence-electron chi connectivity index (χ0n) is 17.0. The van der Waals surface area contributed by atoms with Gasteiger partial charge in [0, 0.05) is 31.0 Å². The summed E-state index contributed by atoms with van der Waals surface area (Å²) in [5, 5.41) is 8.86. The van der Waals surface area contributed by atoms with E-state index in [9.17, 15) is 9.18 Å². The van der Waals surface area contributed by atoms with Crippen molar-refractivity contribution in [2.75, 3.05) is 19.8 Å². The number of amides is 1. The van der Waals surface area contributed by atoms with Crippen molar-refractivity contribution in [2.45, 2.75) is 26.8 Å². The molecule has 3 aromatic rings. The summed E-state index contributed by atoms with van der Waals surface area (Å²) in [6, 6.07) is 6.24. The van der Waals surface area contributed by atoms with Crippen LogP contribution in [-0.4, -0.2) is 50.1 Å². The first kappa shape index (κ1) is 19.3. The molecule has 1 aliphatic heterocycles. The van der Waals surface area contributed by atoms with Crippen LogP contribution < -0.4 is 0 Å². The van der Waals surface area contributed by atoms with Crippen LogP contribution in [0.3, 0.4) is 0 Å². The smallest absolute Gasteiger partial charge is 0.257 e. The molecule has 1 atom stereocenters. The van der Waals surface area contributed by atoms with Gasteiger partial charge in [0.15, 0.2) is 0 Å². The summed E-state index contributed by atoms with van der Waals surface area (Å²) < 4.78 is 23.3. The second-order valence-electron chi connectivity index (χ2n) is 7.34. The van der Waals surface area contributed by atoms with Crippen LogP contribution in [0.5, 0.6) is 0 Å². The van der Waals surface area contributed by atoms with Crippen LogP contribution in [0.2, 0.25) is 0 Å². The first-order valence-corrected chi connectivity index (χ1v) is 9.58. The molecule has 1 saturated heterocycles. The second kappa shape index (κ2) is 7.44. The number of hydrogen-bond acceptors (Lipinski definition) is 4. The molecule has 0 N–H and O–H groups in total. The van der Waals surface area contributed by atoms with E-state index in [1.54, 1.807) is 40.8 Å². The predicted octanol–water partition coefficient (Wildman–Crippen LogP) is 2.88. The summed E-state index contributed by atoms with van der Waals surface area (Å²) in [5.74, 6) is -0.426. The highest BCUT2D eigenvalue weighted by atomic mass is 19.1. The Hall–Kier alpha value is -3.00. The maximum absolute atomic E-state index is 14.4. The minimum atomic E-state index is -0.344. The van der Waals surface area contributed by atoms with E-state index in [0.717, 1.165) is 17.0 Å². The highest BCUT2D eigenvalue weighted by Crippen LogP contribution is 2.32. The fourth-order valence-electron chi connectivity index (χ4n) is 4.05. The number of ether oxygens (including phenoxy) is 1. The third-order valence-electron chi connectivity index (χ3n) is 5.39. The molecule has 3 heterocycles. The van der Waals surface area contributed by atoms with E-state index < -0.39 is 0 Å². The van der Waals surface area contributed by atoms with E-state index >= 15 is 0 Å². The fraction of sp³-hybridized carbons (Fsp3) is 0.381. The minimum Gasteiger partial charge on any atom is -0.377 e. The highest BCUT2D eigenvalue weighted by molar-refractivity contribution is 5.95. The number of carbonyl (C=O) groups is 1. The van der Waals surface area contributed by atoms with E-state index in [0.29, 0.717) is 36.7 Å². The number of aryl methyl sites for hydroxylation is 3. The molecule has 1 fully saturated rings. The van der Waals surface area contributed by atoms with Gasteiger partial charge in [0.1, 0.15) is 11.5 Å². The maximum atomic E-state index is 14.4. The average Bonchev–Trinajstić information content (AvgIpc) is 3.19. The molecule has 0 radical (unpaired) electrons. The number of rotatable bonds is 3. The molecule has 2 aromatic heterocycles. The van der Waals surface area contributed by atoms with Crippen molar-refractivity contribution in [3.63, 3.8) is 0 Å². The Morgan fingerprint density at radius 3 is 2.62 bits per heavy atom. The van der Waals surface area contributed by atoms with Gasteiger partial charge < -0.3 is 9.64 Å². The minimum absolute atomic E-state index is 0.0821. The zero-order valence-corrected chi connectivity index (χ0v) is 17.0. The lowest BCUT2D eigenvalue weighted by Gasteiger charge is -2.36. The Kier molecular flexibility index (Phi) is 4.96. The van der Waals surface area contributed by atoms with Gasteiger partial charge in [0.2, 0.25) is 0 Å². The van der Waals surface area contributed by atoms with Crippen LogP contribution >= 0.6 is 0 Å². The van der Waals surface area contributed by atoms with Gasteiger partial charge in [-0.1, -0.05) is 12.1 Å². The topological polar surface area (TPSA) is 65.2 Å². The summed E-state index contributed by atoms with van der Waals surface area (Å²) in [5.41, 5.74) is 4.10. The van der Waals surface area contributed by atoms with Gasteiger partial charge in [-0.05, 0) is 32.9 Å². The number of carbonyl (C=O) groups excluding carboxylic acids is 1. The van der Waals surface area contributed by atoms with Crippen LogP contribution in [0.25, 0.3) is 5.69 Å². The monoisotopic (exact) mass is 397 g/mol. The van der Waals surface area contributed by atoms with Crippen LogP contribution in [0.4, 0.5) is 4.39 Å². The Bertz CT molecular complexity index is 1070. The molecule has 0 unspecified atom stereocenters. The lowest BCUT2D eigenvalue weighted by atomic mass is 10.0. The summed E-state index contributed by atoms with van der Waals surface area (Å²) in [6.45, 7) is 6.92. The number of aromatic nitrogens is 4. The lowest BCUT2D eigenvalue weighted by molar-refractivity contribution is -0.00308. The van der Waals surface area contributed by atoms with Crippen molar-refractivity contribution in [3.8, 4) is 5.69 Å². The quantitative estimate of drug-likeness (QED) is 0.682. The van der Waals surface area contributed by atoms with Gasteiger partial charge in [-0.25, -0.2) is 9.07 Å². The average molecular weight is 397 g/mol. The Morgan fingerprint density at radius 1 is 1.17 bits per heavy atom. The number of morpholine rings is 1. The van der Waals surface area contributed by atoms with Gasteiger partial charge in [-0.3, -0.25) is 9.48 Å². The molecule has 7 nitrogen and oxygen atoms in total. The van der Waals surface area contributed by atoms with Crippen molar-refractivity contribution in [1.82, 2.24) is 24.5 Å². The van der Waals surface area contributed by atoms with Crippen molar-refractivity contribution in [2.24, 2.45) is 7.05 Å². The molecular formula is C21H24FN5O2. The van der Waals surface area contributed by atoms with Crippen molar-refractivity contribution in [3.05, 3.63) is 64.5 Å². The molecular weight excluding hydrogens is 373 g/mol. The van der Waals surface area contributed by atoms with Crippen molar-refractivity contribution in [1.29, 1.82) is 0 Å². The third kappa shape index (κ3) is 3.33. The van der Waals surface area contributed by atoms with Gasteiger partial charge in [-0.2, -0.15) is 10.2 Å². The molecule has 0 bridgehead atoms. The largest absolute Gasteiger partial charge is 0.377 e. The van der Waals surface area contributed by atoms with Gasteiger partial charge >= 0.3 is 0 Å². The van der Waals surface area contributed by atoms with E-state index in [1.165, 1.54) is 6.07 Å². The number of para-hydroxylation sites is 1. The van der Waals surface area contributed by atoms with Gasteiger partial charge in [0.05, 0.1) is 36.2 Å². The molecule has 0 spiro atoms. The number of hydrogen-bond donors (Lipinski definition) is 0. The number of halogens is 1. The third-order valence-corrected chi connectivity index (χ3v) is 5.39. The number of nitrogens with zero attached hydrogens (tertiary/aromatic N) is 5. The highest BCUT2D eigenvalue weighted by Gasteiger charge is 2.34. The van der Waals surface area contributed by atoms with E-state index in [-0.39, 0.29) is 17.8 Å². The molecule has 0 saturated carbocycles. The Balaban J connectivity index is 1.75. The van der Waals surface area contributed by atoms with Crippen molar-refractivity contribution >= 4 is 5.91 Å². The van der Waals surface area contributed by atoms with E-state index in [1.807, 2.05) is 25.7 Å². The van der Waals surface area contributed by atoms with Gasteiger partial charge in [0.25, 0.3) is 5.91 Å². The standard InChI is InChI=1S/C21H24FN5O2/c1-13-16(11-25(4)23-13)21(28)26-9-10-29-12-19(26)20-14(2)24-27(15(20)3)18-8-6-5-7-17(18)22/h5-8,11,19H,9-10,12H2,1-4H3/t19-/m1/s1. The summed E-state index contributed by atoms with van der Waals surface area (Å²) in [7, 11) is 1.80. The van der Waals surface area contributed by atoms with E-state index in [4.69, 9.17) is 4.74 Å². The van der Waals surface area contributed by atoms with Crippen LogP contribution in [0, 0.1) is 26.6 Å². The Morgan fingerprint density at radius 2 is 1.93 bits per heavy atom. The van der Waals surface area contributed by atoms with E-state index in [2.05, 4.69) is 10.2 Å². The summed E-state index contributed by atoms with van der Waals surface area (Å²) in [6.07, 6.45) is 1.74. The molecule has 29 heavy (non-hydrogen) atoms. The van der Waals surface area contributed by atoms with Gasteiger partial charge in [-0.15, -0.1) is 0 Å². The zero-order chi connectivity index (χ0) is 20.7. The molecule has 1 amide bonds.